The van der Waals surface area contributed by atoms with Crippen LogP contribution in [-0.2, 0) is 9.59 Å². The van der Waals surface area contributed by atoms with Crippen LogP contribution in [0.2, 0.25) is 0 Å². The van der Waals surface area contributed by atoms with Crippen LogP contribution in [0.15, 0.2) is 42.5 Å². The van der Waals surface area contributed by atoms with E-state index in [9.17, 15) is 14.4 Å². The minimum absolute atomic E-state index is 0.0565. The van der Waals surface area contributed by atoms with Crippen molar-refractivity contribution < 1.29 is 19.1 Å². The molecule has 1 saturated heterocycles. The number of carbonyl (C=O) groups is 3. The lowest BCUT2D eigenvalue weighted by Gasteiger charge is -2.34. The van der Waals surface area contributed by atoms with Crippen molar-refractivity contribution in [3.05, 3.63) is 59.2 Å². The maximum absolute atomic E-state index is 12.5. The van der Waals surface area contributed by atoms with E-state index >= 15 is 0 Å². The van der Waals surface area contributed by atoms with Gasteiger partial charge in [0.05, 0.1) is 19.7 Å². The molecular weight excluding hydrogens is 420 g/mol. The van der Waals surface area contributed by atoms with E-state index in [1.807, 2.05) is 43.9 Å². The second-order valence-electron chi connectivity index (χ2n) is 8.11. The molecule has 8 nitrogen and oxygen atoms in total. The van der Waals surface area contributed by atoms with Crippen LogP contribution in [0.4, 0.5) is 5.69 Å². The Morgan fingerprint density at radius 3 is 2.18 bits per heavy atom. The second-order valence-corrected chi connectivity index (χ2v) is 8.11. The predicted molar refractivity (Wildman–Crippen MR) is 128 cm³/mol. The van der Waals surface area contributed by atoms with Crippen LogP contribution in [0, 0.1) is 13.8 Å². The first-order valence-electron chi connectivity index (χ1n) is 11.2. The lowest BCUT2D eigenvalue weighted by atomic mass is 10.1. The molecule has 0 aliphatic carbocycles. The van der Waals surface area contributed by atoms with Crippen molar-refractivity contribution in [1.82, 2.24) is 15.1 Å². The Labute approximate surface area is 194 Å². The molecular formula is C25H32N4O4. The Morgan fingerprint density at radius 2 is 1.58 bits per heavy atom. The van der Waals surface area contributed by atoms with Gasteiger partial charge in [0.25, 0.3) is 5.91 Å². The fourth-order valence-corrected chi connectivity index (χ4v) is 3.79. The molecule has 33 heavy (non-hydrogen) atoms. The van der Waals surface area contributed by atoms with Crippen molar-refractivity contribution >= 4 is 23.4 Å². The second kappa shape index (κ2) is 11.5. The third kappa shape index (κ3) is 6.79. The van der Waals surface area contributed by atoms with Gasteiger partial charge in [-0.25, -0.2) is 0 Å². The van der Waals surface area contributed by atoms with Crippen LogP contribution >= 0.6 is 0 Å². The predicted octanol–water partition coefficient (Wildman–Crippen LogP) is 2.21. The fraction of sp³-hybridized carbons (Fsp3) is 0.400. The first-order chi connectivity index (χ1) is 15.9. The summed E-state index contributed by atoms with van der Waals surface area (Å²) in [6.45, 7) is 8.89. The molecule has 2 N–H and O–H groups in total. The number of benzene rings is 2. The Morgan fingerprint density at radius 1 is 0.939 bits per heavy atom. The van der Waals surface area contributed by atoms with E-state index < -0.39 is 0 Å². The average molecular weight is 453 g/mol. The van der Waals surface area contributed by atoms with Crippen molar-refractivity contribution in [2.45, 2.75) is 20.8 Å². The smallest absolute Gasteiger partial charge is 0.251 e. The number of ether oxygens (including phenoxy) is 1. The molecule has 1 heterocycles. The molecule has 8 heteroatoms. The molecule has 0 unspecified atom stereocenters. The lowest BCUT2D eigenvalue weighted by Crippen LogP contribution is -2.52. The van der Waals surface area contributed by atoms with E-state index in [2.05, 4.69) is 10.6 Å². The molecule has 3 rings (SSSR count). The molecule has 1 aliphatic rings. The topological polar surface area (TPSA) is 91.0 Å². The van der Waals surface area contributed by atoms with Gasteiger partial charge in [-0.3, -0.25) is 19.3 Å². The molecule has 0 radical (unpaired) electrons. The zero-order valence-electron chi connectivity index (χ0n) is 19.5. The fourth-order valence-electron chi connectivity index (χ4n) is 3.79. The monoisotopic (exact) mass is 452 g/mol. The van der Waals surface area contributed by atoms with E-state index in [1.54, 1.807) is 29.2 Å². The average Bonchev–Trinajstić information content (AvgIpc) is 2.81. The summed E-state index contributed by atoms with van der Waals surface area (Å²) in [4.78, 5) is 41.0. The molecule has 3 amide bonds. The third-order valence-corrected chi connectivity index (χ3v) is 5.67. The largest absolute Gasteiger partial charge is 0.494 e. The molecule has 1 fully saturated rings. The highest BCUT2D eigenvalue weighted by atomic mass is 16.5. The van der Waals surface area contributed by atoms with Crippen molar-refractivity contribution in [3.63, 3.8) is 0 Å². The molecule has 0 bridgehead atoms. The number of hydrogen-bond acceptors (Lipinski definition) is 5. The van der Waals surface area contributed by atoms with Gasteiger partial charge >= 0.3 is 0 Å². The summed E-state index contributed by atoms with van der Waals surface area (Å²) >= 11 is 0. The Bertz CT molecular complexity index is 962. The molecule has 0 saturated carbocycles. The van der Waals surface area contributed by atoms with Crippen molar-refractivity contribution in [2.75, 3.05) is 51.2 Å². The number of rotatable bonds is 8. The third-order valence-electron chi connectivity index (χ3n) is 5.67. The van der Waals surface area contributed by atoms with Gasteiger partial charge in [-0.15, -0.1) is 0 Å². The standard InChI is InChI=1S/C25H32N4O4/c1-4-33-21-10-8-20(9-11-21)25(32)26-16-23(31)29-14-12-28(13-15-29)17-22(30)27-24-18(2)6-5-7-19(24)3/h5-11H,4,12-17H2,1-3H3,(H,26,32)(H,27,30). The van der Waals surface area contributed by atoms with Gasteiger partial charge in [0.2, 0.25) is 11.8 Å². The number of carbonyl (C=O) groups excluding carboxylic acids is 3. The summed E-state index contributed by atoms with van der Waals surface area (Å²) in [5, 5.41) is 5.68. The summed E-state index contributed by atoms with van der Waals surface area (Å²) < 4.78 is 5.37. The molecule has 2 aromatic carbocycles. The highest BCUT2D eigenvalue weighted by Crippen LogP contribution is 2.19. The SMILES string of the molecule is CCOc1ccc(C(=O)NCC(=O)N2CCN(CC(=O)Nc3c(C)cccc3C)CC2)cc1. The van der Waals surface area contributed by atoms with E-state index in [1.165, 1.54) is 0 Å². The number of anilines is 1. The minimum atomic E-state index is -0.298. The van der Waals surface area contributed by atoms with Gasteiger partial charge in [0, 0.05) is 37.4 Å². The summed E-state index contributed by atoms with van der Waals surface area (Å²) in [7, 11) is 0. The van der Waals surface area contributed by atoms with Crippen LogP contribution in [0.3, 0.4) is 0 Å². The zero-order chi connectivity index (χ0) is 23.8. The minimum Gasteiger partial charge on any atom is -0.494 e. The Balaban J connectivity index is 1.40. The first kappa shape index (κ1) is 24.3. The Hall–Kier alpha value is -3.39. The molecule has 176 valence electrons. The van der Waals surface area contributed by atoms with Gasteiger partial charge < -0.3 is 20.3 Å². The van der Waals surface area contributed by atoms with Gasteiger partial charge in [-0.1, -0.05) is 18.2 Å². The van der Waals surface area contributed by atoms with Gasteiger partial charge in [0.15, 0.2) is 0 Å². The number of para-hydroxylation sites is 1. The van der Waals surface area contributed by atoms with E-state index in [-0.39, 0.29) is 30.8 Å². The number of nitrogens with zero attached hydrogens (tertiary/aromatic N) is 2. The summed E-state index contributed by atoms with van der Waals surface area (Å²) in [5.74, 6) is 0.211. The Kier molecular flexibility index (Phi) is 8.43. The molecule has 2 aromatic rings. The molecule has 1 aliphatic heterocycles. The number of aryl methyl sites for hydroxylation is 2. The van der Waals surface area contributed by atoms with Gasteiger partial charge in [-0.2, -0.15) is 0 Å². The normalized spacial score (nSPS) is 14.0. The summed E-state index contributed by atoms with van der Waals surface area (Å²) in [6.07, 6.45) is 0. The molecule has 0 aromatic heterocycles. The number of nitrogens with one attached hydrogen (secondary N) is 2. The molecule has 0 spiro atoms. The van der Waals surface area contributed by atoms with Crippen molar-refractivity contribution in [1.29, 1.82) is 0 Å². The zero-order valence-corrected chi connectivity index (χ0v) is 19.5. The number of hydrogen-bond donors (Lipinski definition) is 2. The van der Waals surface area contributed by atoms with Crippen LogP contribution in [-0.4, -0.2) is 73.4 Å². The number of piperazine rings is 1. The first-order valence-corrected chi connectivity index (χ1v) is 11.2. The van der Waals surface area contributed by atoms with Crippen molar-refractivity contribution in [3.8, 4) is 5.75 Å². The van der Waals surface area contributed by atoms with Crippen LogP contribution in [0.1, 0.15) is 28.4 Å². The van der Waals surface area contributed by atoms with E-state index in [0.717, 1.165) is 16.8 Å². The van der Waals surface area contributed by atoms with Gasteiger partial charge in [0.1, 0.15) is 5.75 Å². The van der Waals surface area contributed by atoms with Gasteiger partial charge in [-0.05, 0) is 56.2 Å². The highest BCUT2D eigenvalue weighted by molar-refractivity contribution is 5.96. The van der Waals surface area contributed by atoms with E-state index in [0.29, 0.717) is 44.1 Å². The maximum atomic E-state index is 12.5. The maximum Gasteiger partial charge on any atom is 0.251 e. The van der Waals surface area contributed by atoms with Crippen molar-refractivity contribution in [2.24, 2.45) is 0 Å². The van der Waals surface area contributed by atoms with E-state index in [4.69, 9.17) is 4.74 Å². The number of amides is 3. The quantitative estimate of drug-likeness (QED) is 0.641. The lowest BCUT2D eigenvalue weighted by molar-refractivity contribution is -0.132. The van der Waals surface area contributed by atoms with Crippen LogP contribution < -0.4 is 15.4 Å². The highest BCUT2D eigenvalue weighted by Gasteiger charge is 2.23. The summed E-state index contributed by atoms with van der Waals surface area (Å²) in [5.41, 5.74) is 3.41. The molecule has 0 atom stereocenters. The summed E-state index contributed by atoms with van der Waals surface area (Å²) in [6, 6.07) is 12.7. The van der Waals surface area contributed by atoms with Crippen LogP contribution in [0.25, 0.3) is 0 Å². The van der Waals surface area contributed by atoms with Crippen LogP contribution in [0.5, 0.6) is 5.75 Å².